The van der Waals surface area contributed by atoms with Gasteiger partial charge in [-0.05, 0) is 28.4 Å². The van der Waals surface area contributed by atoms with Crippen LogP contribution in [-0.2, 0) is 0 Å². The van der Waals surface area contributed by atoms with Crippen LogP contribution in [0.2, 0.25) is 10.0 Å². The van der Waals surface area contributed by atoms with Gasteiger partial charge in [-0.15, -0.1) is 0 Å². The summed E-state index contributed by atoms with van der Waals surface area (Å²) < 4.78 is 6.43. The minimum atomic E-state index is 0.485. The van der Waals surface area contributed by atoms with Gasteiger partial charge in [-0.2, -0.15) is 0 Å². The molecular weight excluding hydrogens is 379 g/mol. The maximum Gasteiger partial charge on any atom is 0.139 e. The van der Waals surface area contributed by atoms with Crippen molar-refractivity contribution in [2.24, 2.45) is 5.92 Å². The maximum absolute atomic E-state index is 6.05. The summed E-state index contributed by atoms with van der Waals surface area (Å²) in [6.45, 7) is 2.77. The summed E-state index contributed by atoms with van der Waals surface area (Å²) in [6.07, 6.45) is 1.06. The van der Waals surface area contributed by atoms with E-state index in [2.05, 4.69) is 38.8 Å². The first-order chi connectivity index (χ1) is 7.58. The minimum Gasteiger partial charge on any atom is -0.492 e. The second kappa shape index (κ2) is 7.10. The Morgan fingerprint density at radius 1 is 1.31 bits per heavy atom. The average Bonchev–Trinajstić information content (AvgIpc) is 2.26. The number of hydrogen-bond donors (Lipinski definition) is 0. The zero-order valence-electron chi connectivity index (χ0n) is 8.77. The zero-order valence-corrected chi connectivity index (χ0v) is 13.5. The molecule has 1 aromatic carbocycles. The number of alkyl halides is 1. The Bertz CT molecular complexity index is 354. The molecule has 0 bridgehead atoms. The Labute approximate surface area is 123 Å². The van der Waals surface area contributed by atoms with Gasteiger partial charge in [0.25, 0.3) is 0 Å². The Morgan fingerprint density at radius 3 is 2.56 bits per heavy atom. The minimum absolute atomic E-state index is 0.485. The van der Waals surface area contributed by atoms with Gasteiger partial charge in [0.2, 0.25) is 0 Å². The highest BCUT2D eigenvalue weighted by atomic mass is 79.9. The molecule has 1 rings (SSSR count). The van der Waals surface area contributed by atoms with Crippen LogP contribution in [0.3, 0.4) is 0 Å². The maximum atomic E-state index is 6.05. The SMILES string of the molecule is CCC(CBr)COc1cc(Cl)c(Br)cc1Cl. The van der Waals surface area contributed by atoms with E-state index in [9.17, 15) is 0 Å². The van der Waals surface area contributed by atoms with E-state index in [0.717, 1.165) is 16.2 Å². The summed E-state index contributed by atoms with van der Waals surface area (Å²) in [6, 6.07) is 3.48. The number of hydrogen-bond acceptors (Lipinski definition) is 1. The largest absolute Gasteiger partial charge is 0.492 e. The molecule has 0 aliphatic rings. The lowest BCUT2D eigenvalue weighted by Crippen LogP contribution is -2.12. The first-order valence-electron chi connectivity index (χ1n) is 4.91. The molecule has 0 heterocycles. The van der Waals surface area contributed by atoms with Crippen molar-refractivity contribution in [3.05, 3.63) is 26.7 Å². The number of benzene rings is 1. The van der Waals surface area contributed by atoms with Gasteiger partial charge >= 0.3 is 0 Å². The second-order valence-electron chi connectivity index (χ2n) is 3.44. The molecule has 1 unspecified atom stereocenters. The molecule has 1 atom stereocenters. The summed E-state index contributed by atoms with van der Waals surface area (Å²) in [7, 11) is 0. The highest BCUT2D eigenvalue weighted by molar-refractivity contribution is 9.10. The molecule has 0 spiro atoms. The molecule has 0 fully saturated rings. The Kier molecular flexibility index (Phi) is 6.48. The number of ether oxygens (including phenoxy) is 1. The van der Waals surface area contributed by atoms with Crippen LogP contribution < -0.4 is 4.74 Å². The highest BCUT2D eigenvalue weighted by Crippen LogP contribution is 2.34. The quantitative estimate of drug-likeness (QED) is 0.472. The molecule has 0 saturated heterocycles. The van der Waals surface area contributed by atoms with Crippen LogP contribution >= 0.6 is 55.1 Å². The van der Waals surface area contributed by atoms with Gasteiger partial charge in [-0.25, -0.2) is 0 Å². The lowest BCUT2D eigenvalue weighted by molar-refractivity contribution is 0.260. The van der Waals surface area contributed by atoms with Crippen molar-refractivity contribution in [1.29, 1.82) is 0 Å². The summed E-state index contributed by atoms with van der Waals surface area (Å²) >= 11 is 18.8. The molecule has 0 radical (unpaired) electrons. The van der Waals surface area contributed by atoms with Gasteiger partial charge in [0.05, 0.1) is 16.7 Å². The summed E-state index contributed by atoms with van der Waals surface area (Å²) in [5, 5.41) is 2.10. The van der Waals surface area contributed by atoms with E-state index in [1.54, 1.807) is 12.1 Å². The van der Waals surface area contributed by atoms with Gasteiger partial charge < -0.3 is 4.74 Å². The van der Waals surface area contributed by atoms with Crippen LogP contribution in [0.25, 0.3) is 0 Å². The van der Waals surface area contributed by atoms with Crippen molar-refractivity contribution in [2.45, 2.75) is 13.3 Å². The van der Waals surface area contributed by atoms with Crippen molar-refractivity contribution < 1.29 is 4.74 Å². The lowest BCUT2D eigenvalue weighted by Gasteiger charge is -2.14. The molecule has 0 saturated carbocycles. The summed E-state index contributed by atoms with van der Waals surface area (Å²) in [4.78, 5) is 0. The van der Waals surface area contributed by atoms with Crippen molar-refractivity contribution >= 4 is 55.1 Å². The van der Waals surface area contributed by atoms with E-state index in [1.165, 1.54) is 0 Å². The Hall–Kier alpha value is 0.560. The molecule has 16 heavy (non-hydrogen) atoms. The van der Waals surface area contributed by atoms with Crippen molar-refractivity contribution in [1.82, 2.24) is 0 Å². The van der Waals surface area contributed by atoms with Crippen LogP contribution in [0, 0.1) is 5.92 Å². The predicted molar refractivity (Wildman–Crippen MR) is 77.2 cm³/mol. The van der Waals surface area contributed by atoms with Gasteiger partial charge in [-0.3, -0.25) is 0 Å². The molecule has 1 nitrogen and oxygen atoms in total. The van der Waals surface area contributed by atoms with E-state index < -0.39 is 0 Å². The third-order valence-electron chi connectivity index (χ3n) is 2.24. The first-order valence-corrected chi connectivity index (χ1v) is 7.58. The van der Waals surface area contributed by atoms with Crippen LogP contribution in [0.1, 0.15) is 13.3 Å². The zero-order chi connectivity index (χ0) is 12.1. The van der Waals surface area contributed by atoms with Crippen molar-refractivity contribution in [3.8, 4) is 5.75 Å². The summed E-state index contributed by atoms with van der Waals surface area (Å²) in [5.74, 6) is 1.12. The Balaban J connectivity index is 2.70. The standard InChI is InChI=1S/C11H12Br2Cl2O/c1-2-7(5-12)6-16-11-4-9(14)8(13)3-10(11)15/h3-4,7H,2,5-6H2,1H3. The molecule has 5 heteroatoms. The predicted octanol–water partition coefficient (Wildman–Crippen LogP) is 5.56. The van der Waals surface area contributed by atoms with E-state index in [0.29, 0.717) is 28.3 Å². The van der Waals surface area contributed by atoms with E-state index in [4.69, 9.17) is 27.9 Å². The van der Waals surface area contributed by atoms with Crippen LogP contribution in [0.4, 0.5) is 0 Å². The topological polar surface area (TPSA) is 9.23 Å². The highest BCUT2D eigenvalue weighted by Gasteiger charge is 2.10. The third kappa shape index (κ3) is 4.10. The van der Waals surface area contributed by atoms with E-state index >= 15 is 0 Å². The molecule has 1 aromatic rings. The molecule has 0 aliphatic carbocycles. The van der Waals surface area contributed by atoms with Gasteiger partial charge in [-0.1, -0.05) is 46.1 Å². The fraction of sp³-hybridized carbons (Fsp3) is 0.455. The fourth-order valence-electron chi connectivity index (χ4n) is 1.09. The van der Waals surface area contributed by atoms with Crippen LogP contribution in [0.5, 0.6) is 5.75 Å². The smallest absolute Gasteiger partial charge is 0.139 e. The lowest BCUT2D eigenvalue weighted by atomic mass is 10.1. The van der Waals surface area contributed by atoms with Crippen LogP contribution in [0.15, 0.2) is 16.6 Å². The monoisotopic (exact) mass is 388 g/mol. The fourth-order valence-corrected chi connectivity index (χ4v) is 2.59. The van der Waals surface area contributed by atoms with Crippen LogP contribution in [-0.4, -0.2) is 11.9 Å². The first kappa shape index (κ1) is 14.6. The molecule has 0 N–H and O–H groups in total. The Morgan fingerprint density at radius 2 is 2.00 bits per heavy atom. The van der Waals surface area contributed by atoms with E-state index in [-0.39, 0.29) is 0 Å². The third-order valence-corrected chi connectivity index (χ3v) is 4.65. The molecule has 0 aromatic heterocycles. The van der Waals surface area contributed by atoms with Gasteiger partial charge in [0, 0.05) is 21.8 Å². The average molecular weight is 391 g/mol. The van der Waals surface area contributed by atoms with Gasteiger partial charge in [0.15, 0.2) is 0 Å². The molecule has 0 aliphatic heterocycles. The summed E-state index contributed by atoms with van der Waals surface area (Å²) in [5.41, 5.74) is 0. The number of halogens is 4. The molecule has 90 valence electrons. The normalized spacial score (nSPS) is 12.6. The molecule has 0 amide bonds. The second-order valence-corrected chi connectivity index (χ2v) is 5.75. The molecular formula is C11H12Br2Cl2O. The number of rotatable bonds is 5. The van der Waals surface area contributed by atoms with Crippen molar-refractivity contribution in [2.75, 3.05) is 11.9 Å². The van der Waals surface area contributed by atoms with Gasteiger partial charge in [0.1, 0.15) is 5.75 Å². The van der Waals surface area contributed by atoms with Crippen molar-refractivity contribution in [3.63, 3.8) is 0 Å². The van der Waals surface area contributed by atoms with E-state index in [1.807, 2.05) is 0 Å².